The lowest BCUT2D eigenvalue weighted by atomic mass is 10.5. The van der Waals surface area contributed by atoms with Gasteiger partial charge in [0.25, 0.3) is 11.8 Å². The monoisotopic (exact) mass is 143 g/mol. The van der Waals surface area contributed by atoms with Crippen molar-refractivity contribution >= 4 is 11.8 Å². The molecule has 0 saturated heterocycles. The summed E-state index contributed by atoms with van der Waals surface area (Å²) < 4.78 is 11.6. The fraction of sp³-hybridized carbons (Fsp3) is 0.333. The third-order valence-corrected chi connectivity index (χ3v) is 1.21. The maximum absolute atomic E-state index is 11.6. The average Bonchev–Trinajstić information content (AvgIpc) is 2.20. The van der Waals surface area contributed by atoms with Gasteiger partial charge in [-0.15, -0.1) is 0 Å². The molecule has 1 aliphatic heterocycles. The van der Waals surface area contributed by atoms with Gasteiger partial charge in [-0.3, -0.25) is 14.5 Å². The molecular weight excluding hydrogens is 137 g/mol. The summed E-state index contributed by atoms with van der Waals surface area (Å²) in [6, 6.07) is 0. The molecule has 0 fully saturated rings. The SMILES string of the molecule is O=C1C=CC(=O)N1CCF. The highest BCUT2D eigenvalue weighted by Crippen LogP contribution is 2.01. The maximum Gasteiger partial charge on any atom is 0.253 e. The molecule has 0 saturated carbocycles. The Bertz CT molecular complexity index is 182. The van der Waals surface area contributed by atoms with Gasteiger partial charge in [0.1, 0.15) is 6.67 Å². The molecule has 0 N–H and O–H groups in total. The molecule has 0 unspecified atom stereocenters. The lowest BCUT2D eigenvalue weighted by Crippen LogP contribution is -2.31. The van der Waals surface area contributed by atoms with Gasteiger partial charge in [-0.25, -0.2) is 4.39 Å². The Morgan fingerprint density at radius 2 is 1.80 bits per heavy atom. The summed E-state index contributed by atoms with van der Waals surface area (Å²) in [6.07, 6.45) is 2.27. The van der Waals surface area contributed by atoms with Gasteiger partial charge in [0.05, 0.1) is 6.54 Å². The van der Waals surface area contributed by atoms with E-state index in [9.17, 15) is 14.0 Å². The summed E-state index contributed by atoms with van der Waals surface area (Å²) in [6.45, 7) is -0.816. The molecule has 1 aliphatic rings. The van der Waals surface area contributed by atoms with Gasteiger partial charge in [0, 0.05) is 12.2 Å². The van der Waals surface area contributed by atoms with Gasteiger partial charge < -0.3 is 0 Å². The largest absolute Gasteiger partial charge is 0.273 e. The molecular formula is C6H6FNO2. The van der Waals surface area contributed by atoms with Gasteiger partial charge >= 0.3 is 0 Å². The molecule has 1 rings (SSSR count). The molecule has 0 aliphatic carbocycles. The van der Waals surface area contributed by atoms with Crippen LogP contribution in [-0.4, -0.2) is 29.9 Å². The highest BCUT2D eigenvalue weighted by molar-refractivity contribution is 6.12. The molecule has 0 spiro atoms. The number of nitrogens with zero attached hydrogens (tertiary/aromatic N) is 1. The van der Waals surface area contributed by atoms with E-state index < -0.39 is 18.5 Å². The quantitative estimate of drug-likeness (QED) is 0.505. The van der Waals surface area contributed by atoms with Crippen LogP contribution in [0.25, 0.3) is 0 Å². The number of hydrogen-bond acceptors (Lipinski definition) is 2. The normalized spacial score (nSPS) is 17.1. The van der Waals surface area contributed by atoms with Crippen LogP contribution in [0.1, 0.15) is 0 Å². The molecule has 0 bridgehead atoms. The molecule has 0 aromatic carbocycles. The van der Waals surface area contributed by atoms with E-state index in [1.54, 1.807) is 0 Å². The number of carbonyl (C=O) groups is 2. The van der Waals surface area contributed by atoms with Crippen molar-refractivity contribution in [1.82, 2.24) is 4.90 Å². The number of halogens is 1. The van der Waals surface area contributed by atoms with Crippen LogP contribution in [0.15, 0.2) is 12.2 Å². The summed E-state index contributed by atoms with van der Waals surface area (Å²) in [5, 5.41) is 0. The van der Waals surface area contributed by atoms with Crippen LogP contribution < -0.4 is 0 Å². The topological polar surface area (TPSA) is 37.4 Å². The van der Waals surface area contributed by atoms with Gasteiger partial charge in [-0.05, 0) is 0 Å². The first kappa shape index (κ1) is 6.92. The lowest BCUT2D eigenvalue weighted by molar-refractivity contribution is -0.136. The molecule has 0 radical (unpaired) electrons. The number of rotatable bonds is 2. The van der Waals surface area contributed by atoms with Crippen LogP contribution in [0, 0.1) is 0 Å². The van der Waals surface area contributed by atoms with E-state index in [1.807, 2.05) is 0 Å². The minimum absolute atomic E-state index is 0.134. The van der Waals surface area contributed by atoms with E-state index in [2.05, 4.69) is 0 Å². The number of imide groups is 1. The summed E-state index contributed by atoms with van der Waals surface area (Å²) in [5.41, 5.74) is 0. The van der Waals surface area contributed by atoms with Crippen molar-refractivity contribution in [2.75, 3.05) is 13.2 Å². The Hall–Kier alpha value is -1.19. The van der Waals surface area contributed by atoms with E-state index in [1.165, 1.54) is 0 Å². The third-order valence-electron chi connectivity index (χ3n) is 1.21. The predicted octanol–water partition coefficient (Wildman–Crippen LogP) is -0.119. The van der Waals surface area contributed by atoms with Crippen molar-refractivity contribution in [3.8, 4) is 0 Å². The van der Waals surface area contributed by atoms with Crippen LogP contribution in [0.5, 0.6) is 0 Å². The van der Waals surface area contributed by atoms with Crippen molar-refractivity contribution in [2.24, 2.45) is 0 Å². The molecule has 4 heteroatoms. The van der Waals surface area contributed by atoms with Crippen molar-refractivity contribution in [3.63, 3.8) is 0 Å². The molecule has 2 amide bonds. The molecule has 0 aromatic heterocycles. The van der Waals surface area contributed by atoms with Crippen LogP contribution >= 0.6 is 0 Å². The van der Waals surface area contributed by atoms with Crippen LogP contribution in [0.4, 0.5) is 4.39 Å². The Kier molecular flexibility index (Phi) is 1.80. The zero-order valence-electron chi connectivity index (χ0n) is 5.21. The van der Waals surface area contributed by atoms with Gasteiger partial charge in [-0.2, -0.15) is 0 Å². The minimum atomic E-state index is -0.681. The standard InChI is InChI=1S/C6H6FNO2/c7-3-4-8-5(9)1-2-6(8)10/h1-2H,3-4H2. The van der Waals surface area contributed by atoms with E-state index in [4.69, 9.17) is 0 Å². The first-order valence-corrected chi connectivity index (χ1v) is 2.85. The van der Waals surface area contributed by atoms with E-state index >= 15 is 0 Å². The average molecular weight is 143 g/mol. The van der Waals surface area contributed by atoms with Crippen molar-refractivity contribution in [2.45, 2.75) is 0 Å². The van der Waals surface area contributed by atoms with Crippen LogP contribution in [-0.2, 0) is 9.59 Å². The Morgan fingerprint density at radius 3 is 2.20 bits per heavy atom. The molecule has 3 nitrogen and oxygen atoms in total. The zero-order valence-corrected chi connectivity index (χ0v) is 5.21. The van der Waals surface area contributed by atoms with Gasteiger partial charge in [-0.1, -0.05) is 0 Å². The van der Waals surface area contributed by atoms with Gasteiger partial charge in [0.2, 0.25) is 0 Å². The predicted molar refractivity (Wildman–Crippen MR) is 31.8 cm³/mol. The Labute approximate surface area is 57.1 Å². The third kappa shape index (κ3) is 1.05. The molecule has 0 atom stereocenters. The highest BCUT2D eigenvalue weighted by Gasteiger charge is 2.21. The van der Waals surface area contributed by atoms with Crippen molar-refractivity contribution < 1.29 is 14.0 Å². The molecule has 54 valence electrons. The summed E-state index contributed by atoms with van der Waals surface area (Å²) >= 11 is 0. The Morgan fingerprint density at radius 1 is 1.30 bits per heavy atom. The summed E-state index contributed by atoms with van der Waals surface area (Å²) in [5.74, 6) is -0.856. The highest BCUT2D eigenvalue weighted by atomic mass is 19.1. The first-order chi connectivity index (χ1) is 4.75. The fourth-order valence-corrected chi connectivity index (χ4v) is 0.736. The van der Waals surface area contributed by atoms with E-state index in [0.717, 1.165) is 17.1 Å². The second-order valence-electron chi connectivity index (χ2n) is 1.85. The molecule has 0 aromatic rings. The number of alkyl halides is 1. The molecule has 10 heavy (non-hydrogen) atoms. The van der Waals surface area contributed by atoms with E-state index in [-0.39, 0.29) is 6.54 Å². The van der Waals surface area contributed by atoms with Crippen LogP contribution in [0.3, 0.4) is 0 Å². The maximum atomic E-state index is 11.6. The van der Waals surface area contributed by atoms with Crippen molar-refractivity contribution in [1.29, 1.82) is 0 Å². The lowest BCUT2D eigenvalue weighted by Gasteiger charge is -2.09. The Balaban J connectivity index is 2.60. The van der Waals surface area contributed by atoms with E-state index in [0.29, 0.717) is 0 Å². The number of carbonyl (C=O) groups excluding carboxylic acids is 2. The summed E-state index contributed by atoms with van der Waals surface area (Å²) in [4.78, 5) is 22.1. The van der Waals surface area contributed by atoms with Crippen LogP contribution in [0.2, 0.25) is 0 Å². The minimum Gasteiger partial charge on any atom is -0.273 e. The smallest absolute Gasteiger partial charge is 0.253 e. The number of amides is 2. The van der Waals surface area contributed by atoms with Crippen molar-refractivity contribution in [3.05, 3.63) is 12.2 Å². The fourth-order valence-electron chi connectivity index (χ4n) is 0.736. The second kappa shape index (κ2) is 2.60. The number of hydrogen-bond donors (Lipinski definition) is 0. The molecule has 1 heterocycles. The second-order valence-corrected chi connectivity index (χ2v) is 1.85. The first-order valence-electron chi connectivity index (χ1n) is 2.85. The van der Waals surface area contributed by atoms with Gasteiger partial charge in [0.15, 0.2) is 0 Å². The zero-order chi connectivity index (χ0) is 7.56. The summed E-state index contributed by atoms with van der Waals surface area (Å²) in [7, 11) is 0.